The molecule has 112 valence electrons. The maximum atomic E-state index is 11.9. The van der Waals surface area contributed by atoms with Gasteiger partial charge >= 0.3 is 0 Å². The predicted octanol–water partition coefficient (Wildman–Crippen LogP) is 2.41. The van der Waals surface area contributed by atoms with Crippen molar-refractivity contribution < 1.29 is 9.90 Å². The number of halogens is 3. The third-order valence-corrected chi connectivity index (χ3v) is 3.35. The molecule has 1 amide bonds. The fourth-order valence-corrected chi connectivity index (χ4v) is 2.54. The zero-order chi connectivity index (χ0) is 15.4. The molecule has 0 spiro atoms. The number of nitrogens with one attached hydrogen (secondary N) is 1. The van der Waals surface area contributed by atoms with Crippen LogP contribution in [-0.2, 0) is 17.8 Å². The first kappa shape index (κ1) is 16.0. The van der Waals surface area contributed by atoms with Crippen molar-refractivity contribution in [1.29, 1.82) is 0 Å². The van der Waals surface area contributed by atoms with E-state index < -0.39 is 0 Å². The Hall–Kier alpha value is -1.34. The molecule has 1 aromatic heterocycles. The van der Waals surface area contributed by atoms with Gasteiger partial charge in [0.1, 0.15) is 6.54 Å². The Labute approximate surface area is 135 Å². The first-order valence-corrected chi connectivity index (χ1v) is 7.07. The zero-order valence-corrected chi connectivity index (χ0v) is 13.0. The van der Waals surface area contributed by atoms with Crippen molar-refractivity contribution in [2.75, 3.05) is 11.9 Å². The monoisotopic (exact) mass is 348 g/mol. The SMILES string of the molecule is O=C(Cn1cc(CCO)nn1)Nc1c(Cl)cc(Cl)cc1Cl. The van der Waals surface area contributed by atoms with Crippen LogP contribution in [0, 0.1) is 0 Å². The van der Waals surface area contributed by atoms with Gasteiger partial charge in [0.15, 0.2) is 0 Å². The zero-order valence-electron chi connectivity index (χ0n) is 10.7. The summed E-state index contributed by atoms with van der Waals surface area (Å²) in [5.41, 5.74) is 0.899. The topological polar surface area (TPSA) is 80.0 Å². The lowest BCUT2D eigenvalue weighted by Gasteiger charge is -2.09. The van der Waals surface area contributed by atoms with Gasteiger partial charge in [-0.15, -0.1) is 5.10 Å². The number of aliphatic hydroxyl groups is 1. The van der Waals surface area contributed by atoms with Gasteiger partial charge in [0.25, 0.3) is 0 Å². The summed E-state index contributed by atoms with van der Waals surface area (Å²) in [4.78, 5) is 11.9. The second-order valence-corrected chi connectivity index (χ2v) is 5.42. The first-order valence-electron chi connectivity index (χ1n) is 5.94. The van der Waals surface area contributed by atoms with E-state index >= 15 is 0 Å². The van der Waals surface area contributed by atoms with Crippen LogP contribution in [0.2, 0.25) is 15.1 Å². The number of benzene rings is 1. The van der Waals surface area contributed by atoms with Crippen LogP contribution in [0.5, 0.6) is 0 Å². The number of carbonyl (C=O) groups excluding carboxylic acids is 1. The Balaban J connectivity index is 2.04. The van der Waals surface area contributed by atoms with E-state index in [0.717, 1.165) is 0 Å². The molecule has 0 atom stereocenters. The number of aromatic nitrogens is 3. The Morgan fingerprint density at radius 1 is 1.29 bits per heavy atom. The number of aliphatic hydroxyl groups excluding tert-OH is 1. The molecule has 2 rings (SSSR count). The Bertz CT molecular complexity index is 637. The van der Waals surface area contributed by atoms with Gasteiger partial charge in [0.05, 0.1) is 21.4 Å². The minimum absolute atomic E-state index is 0.0269. The third-order valence-electron chi connectivity index (χ3n) is 2.53. The molecular formula is C12H11Cl3N4O2. The molecule has 0 fully saturated rings. The normalized spacial score (nSPS) is 10.7. The largest absolute Gasteiger partial charge is 0.396 e. The number of anilines is 1. The van der Waals surface area contributed by atoms with Crippen molar-refractivity contribution in [2.45, 2.75) is 13.0 Å². The smallest absolute Gasteiger partial charge is 0.246 e. The highest BCUT2D eigenvalue weighted by Crippen LogP contribution is 2.33. The van der Waals surface area contributed by atoms with E-state index in [9.17, 15) is 4.79 Å². The Kier molecular flexibility index (Phi) is 5.41. The van der Waals surface area contributed by atoms with Gasteiger partial charge in [-0.2, -0.15) is 0 Å². The fraction of sp³-hybridized carbons (Fsp3) is 0.250. The summed E-state index contributed by atoms with van der Waals surface area (Å²) in [5.74, 6) is -0.360. The molecule has 6 nitrogen and oxygen atoms in total. The van der Waals surface area contributed by atoms with Crippen molar-refractivity contribution in [3.63, 3.8) is 0 Å². The lowest BCUT2D eigenvalue weighted by Crippen LogP contribution is -2.19. The highest BCUT2D eigenvalue weighted by Gasteiger charge is 2.12. The average molecular weight is 350 g/mol. The molecule has 0 unspecified atom stereocenters. The first-order chi connectivity index (χ1) is 9.99. The van der Waals surface area contributed by atoms with Crippen LogP contribution in [0.15, 0.2) is 18.3 Å². The summed E-state index contributed by atoms with van der Waals surface area (Å²) in [6, 6.07) is 2.97. The van der Waals surface area contributed by atoms with Crippen LogP contribution in [-0.4, -0.2) is 32.6 Å². The lowest BCUT2D eigenvalue weighted by atomic mass is 10.3. The van der Waals surface area contributed by atoms with Crippen molar-refractivity contribution in [2.24, 2.45) is 0 Å². The molecule has 0 aliphatic carbocycles. The van der Waals surface area contributed by atoms with Crippen molar-refractivity contribution in [3.05, 3.63) is 39.1 Å². The van der Waals surface area contributed by atoms with Crippen LogP contribution in [0.3, 0.4) is 0 Å². The van der Waals surface area contributed by atoms with Crippen LogP contribution < -0.4 is 5.32 Å². The number of carbonyl (C=O) groups is 1. The number of hydrogen-bond acceptors (Lipinski definition) is 4. The van der Waals surface area contributed by atoms with Gasteiger partial charge in [0, 0.05) is 24.2 Å². The van der Waals surface area contributed by atoms with Crippen LogP contribution in [0.1, 0.15) is 5.69 Å². The Morgan fingerprint density at radius 2 is 1.95 bits per heavy atom. The lowest BCUT2D eigenvalue weighted by molar-refractivity contribution is -0.116. The number of amides is 1. The molecular weight excluding hydrogens is 339 g/mol. The molecule has 21 heavy (non-hydrogen) atoms. The minimum Gasteiger partial charge on any atom is -0.396 e. The van der Waals surface area contributed by atoms with Crippen LogP contribution >= 0.6 is 34.8 Å². The quantitative estimate of drug-likeness (QED) is 0.868. The van der Waals surface area contributed by atoms with Gasteiger partial charge in [-0.1, -0.05) is 40.0 Å². The maximum absolute atomic E-state index is 11.9. The van der Waals surface area contributed by atoms with Crippen molar-refractivity contribution >= 4 is 46.4 Å². The summed E-state index contributed by atoms with van der Waals surface area (Å²) in [5, 5.41) is 19.9. The predicted molar refractivity (Wildman–Crippen MR) is 80.9 cm³/mol. The van der Waals surface area contributed by atoms with Crippen LogP contribution in [0.4, 0.5) is 5.69 Å². The van der Waals surface area contributed by atoms with E-state index in [2.05, 4.69) is 15.6 Å². The van der Waals surface area contributed by atoms with E-state index in [0.29, 0.717) is 22.8 Å². The maximum Gasteiger partial charge on any atom is 0.246 e. The summed E-state index contributed by atoms with van der Waals surface area (Å²) in [6.07, 6.45) is 1.97. The molecule has 0 saturated carbocycles. The number of nitrogens with zero attached hydrogens (tertiary/aromatic N) is 3. The minimum atomic E-state index is -0.360. The van der Waals surface area contributed by atoms with E-state index in [1.165, 1.54) is 16.8 Å². The highest BCUT2D eigenvalue weighted by atomic mass is 35.5. The molecule has 0 aliphatic heterocycles. The molecule has 2 aromatic rings. The summed E-state index contributed by atoms with van der Waals surface area (Å²) in [6.45, 7) is -0.0748. The Morgan fingerprint density at radius 3 is 2.57 bits per heavy atom. The molecule has 9 heteroatoms. The summed E-state index contributed by atoms with van der Waals surface area (Å²) >= 11 is 17.8. The molecule has 1 aromatic carbocycles. The molecule has 2 N–H and O–H groups in total. The molecule has 0 bridgehead atoms. The second-order valence-electron chi connectivity index (χ2n) is 4.17. The fourth-order valence-electron chi connectivity index (χ4n) is 1.63. The van der Waals surface area contributed by atoms with Crippen molar-refractivity contribution in [3.8, 4) is 0 Å². The van der Waals surface area contributed by atoms with E-state index in [-0.39, 0.29) is 29.1 Å². The van der Waals surface area contributed by atoms with E-state index in [1.807, 2.05) is 0 Å². The average Bonchev–Trinajstić information content (AvgIpc) is 2.81. The summed E-state index contributed by atoms with van der Waals surface area (Å²) in [7, 11) is 0. The number of rotatable bonds is 5. The third kappa shape index (κ3) is 4.31. The van der Waals surface area contributed by atoms with Gasteiger partial charge < -0.3 is 10.4 Å². The van der Waals surface area contributed by atoms with E-state index in [4.69, 9.17) is 39.9 Å². The van der Waals surface area contributed by atoms with Crippen LogP contribution in [0.25, 0.3) is 0 Å². The molecule has 1 heterocycles. The number of hydrogen-bond donors (Lipinski definition) is 2. The summed E-state index contributed by atoms with van der Waals surface area (Å²) < 4.78 is 1.36. The van der Waals surface area contributed by atoms with E-state index in [1.54, 1.807) is 6.20 Å². The highest BCUT2D eigenvalue weighted by molar-refractivity contribution is 6.42. The second kappa shape index (κ2) is 7.09. The molecule has 0 saturated heterocycles. The van der Waals surface area contributed by atoms with Gasteiger partial charge in [0.2, 0.25) is 5.91 Å². The van der Waals surface area contributed by atoms with Crippen molar-refractivity contribution in [1.82, 2.24) is 15.0 Å². The molecule has 0 radical (unpaired) electrons. The molecule has 0 aliphatic rings. The standard InChI is InChI=1S/C12H11Cl3N4O2/c13-7-3-9(14)12(10(15)4-7)16-11(21)6-19-5-8(1-2-20)17-18-19/h3-5,20H,1-2,6H2,(H,16,21). The van der Waals surface area contributed by atoms with Gasteiger partial charge in [-0.3, -0.25) is 4.79 Å². The van der Waals surface area contributed by atoms with Gasteiger partial charge in [-0.25, -0.2) is 4.68 Å². The van der Waals surface area contributed by atoms with Gasteiger partial charge in [-0.05, 0) is 12.1 Å².